The number of carbonyl (C=O) groups excluding carboxylic acids is 1. The third-order valence-corrected chi connectivity index (χ3v) is 6.07. The Morgan fingerprint density at radius 1 is 1.17 bits per heavy atom. The van der Waals surface area contributed by atoms with Gasteiger partial charge in [-0.25, -0.2) is 0 Å². The predicted octanol–water partition coefficient (Wildman–Crippen LogP) is 2.85. The highest BCUT2D eigenvalue weighted by molar-refractivity contribution is 5.94. The third kappa shape index (κ3) is 3.09. The van der Waals surface area contributed by atoms with Crippen molar-refractivity contribution in [1.29, 1.82) is 0 Å². The summed E-state index contributed by atoms with van der Waals surface area (Å²) in [7, 11) is 0. The van der Waals surface area contributed by atoms with Gasteiger partial charge in [0.15, 0.2) is 0 Å². The fourth-order valence-corrected chi connectivity index (χ4v) is 4.59. The zero-order chi connectivity index (χ0) is 16.6. The molecule has 3 heterocycles. The molecule has 1 aromatic rings. The normalized spacial score (nSPS) is 27.0. The smallest absolute Gasteiger partial charge is 0.253 e. The van der Waals surface area contributed by atoms with Crippen LogP contribution in [0.2, 0.25) is 0 Å². The fraction of sp³-hybridized carbons (Fsp3) is 0.650. The number of nitrogens with zero attached hydrogens (tertiary/aromatic N) is 2. The summed E-state index contributed by atoms with van der Waals surface area (Å²) in [5.74, 6) is 0.169. The summed E-state index contributed by atoms with van der Waals surface area (Å²) in [5, 5.41) is 0. The summed E-state index contributed by atoms with van der Waals surface area (Å²) in [4.78, 5) is 17.3. The summed E-state index contributed by atoms with van der Waals surface area (Å²) >= 11 is 0. The maximum atomic E-state index is 12.7. The molecule has 0 aliphatic carbocycles. The van der Waals surface area contributed by atoms with Gasteiger partial charge in [0, 0.05) is 24.7 Å². The van der Waals surface area contributed by atoms with E-state index in [2.05, 4.69) is 4.90 Å². The molecule has 1 atom stereocenters. The number of aryl methyl sites for hydroxylation is 1. The molecular formula is C20H28N2O2. The Bertz CT molecular complexity index is 601. The van der Waals surface area contributed by atoms with Crippen molar-refractivity contribution in [3.8, 4) is 0 Å². The lowest BCUT2D eigenvalue weighted by Gasteiger charge is -2.39. The van der Waals surface area contributed by atoms with Crippen molar-refractivity contribution >= 4 is 5.91 Å². The monoisotopic (exact) mass is 328 g/mol. The number of likely N-dealkylation sites (tertiary alicyclic amines) is 2. The van der Waals surface area contributed by atoms with E-state index in [4.69, 9.17) is 4.74 Å². The Balaban J connectivity index is 1.36. The van der Waals surface area contributed by atoms with Gasteiger partial charge in [-0.05, 0) is 64.3 Å². The number of ether oxygens (including phenoxy) is 1. The standard InChI is InChI=1S/C20H28N2O2/c1-16-5-4-6-17(13-16)19(23)22-11-7-20(8-12-22)14-18(15-24-20)21-9-2-3-10-21/h4-6,13,18H,2-3,7-12,14-15H2,1H3/t18-/m1/s1. The minimum absolute atomic E-state index is 0.0244. The molecule has 0 bridgehead atoms. The molecule has 1 spiro atoms. The number of carbonyl (C=O) groups is 1. The molecule has 3 saturated heterocycles. The largest absolute Gasteiger partial charge is 0.373 e. The topological polar surface area (TPSA) is 32.8 Å². The Labute approximate surface area is 144 Å². The van der Waals surface area contributed by atoms with Gasteiger partial charge in [-0.1, -0.05) is 17.7 Å². The Kier molecular flexibility index (Phi) is 4.35. The maximum absolute atomic E-state index is 12.7. The summed E-state index contributed by atoms with van der Waals surface area (Å²) in [6.45, 7) is 7.03. The lowest BCUT2D eigenvalue weighted by atomic mass is 9.87. The highest BCUT2D eigenvalue weighted by atomic mass is 16.5. The van der Waals surface area contributed by atoms with Gasteiger partial charge >= 0.3 is 0 Å². The van der Waals surface area contributed by atoms with Gasteiger partial charge in [0.1, 0.15) is 0 Å². The van der Waals surface area contributed by atoms with Gasteiger partial charge in [0.2, 0.25) is 0 Å². The van der Waals surface area contributed by atoms with E-state index in [0.29, 0.717) is 6.04 Å². The van der Waals surface area contributed by atoms with Crippen LogP contribution >= 0.6 is 0 Å². The molecule has 130 valence electrons. The molecule has 4 nitrogen and oxygen atoms in total. The number of hydrogen-bond donors (Lipinski definition) is 0. The average molecular weight is 328 g/mol. The molecule has 4 heteroatoms. The number of amides is 1. The molecule has 0 radical (unpaired) electrons. The van der Waals surface area contributed by atoms with Gasteiger partial charge in [-0.3, -0.25) is 9.69 Å². The highest BCUT2D eigenvalue weighted by Crippen LogP contribution is 2.38. The van der Waals surface area contributed by atoms with E-state index in [-0.39, 0.29) is 11.5 Å². The van der Waals surface area contributed by atoms with Crippen LogP contribution in [-0.2, 0) is 4.74 Å². The van der Waals surface area contributed by atoms with Crippen molar-refractivity contribution in [3.05, 3.63) is 35.4 Å². The molecule has 0 aromatic heterocycles. The Morgan fingerprint density at radius 3 is 2.62 bits per heavy atom. The van der Waals surface area contributed by atoms with Crippen LogP contribution in [0, 0.1) is 6.92 Å². The van der Waals surface area contributed by atoms with Crippen molar-refractivity contribution in [2.75, 3.05) is 32.8 Å². The summed E-state index contributed by atoms with van der Waals surface area (Å²) < 4.78 is 6.28. The van der Waals surface area contributed by atoms with E-state index in [1.165, 1.54) is 25.9 Å². The minimum Gasteiger partial charge on any atom is -0.373 e. The minimum atomic E-state index is 0.0244. The van der Waals surface area contributed by atoms with Crippen molar-refractivity contribution < 1.29 is 9.53 Å². The molecule has 24 heavy (non-hydrogen) atoms. The van der Waals surface area contributed by atoms with Crippen LogP contribution in [0.1, 0.15) is 48.0 Å². The van der Waals surface area contributed by atoms with Gasteiger partial charge in [-0.2, -0.15) is 0 Å². The molecule has 3 aliphatic rings. The van der Waals surface area contributed by atoms with E-state index in [1.807, 2.05) is 36.1 Å². The summed E-state index contributed by atoms with van der Waals surface area (Å²) in [6.07, 6.45) is 5.79. The first-order valence-corrected chi connectivity index (χ1v) is 9.39. The van der Waals surface area contributed by atoms with Crippen LogP contribution in [0.15, 0.2) is 24.3 Å². The van der Waals surface area contributed by atoms with E-state index in [0.717, 1.165) is 50.1 Å². The van der Waals surface area contributed by atoms with E-state index < -0.39 is 0 Å². The molecule has 0 saturated carbocycles. The number of hydrogen-bond acceptors (Lipinski definition) is 3. The summed E-state index contributed by atoms with van der Waals surface area (Å²) in [6, 6.07) is 8.52. The van der Waals surface area contributed by atoms with Gasteiger partial charge in [0.25, 0.3) is 5.91 Å². The van der Waals surface area contributed by atoms with Gasteiger partial charge < -0.3 is 9.64 Å². The molecular weight excluding hydrogens is 300 g/mol. The second-order valence-electron chi connectivity index (χ2n) is 7.76. The molecule has 3 aliphatic heterocycles. The second kappa shape index (κ2) is 6.49. The fourth-order valence-electron chi connectivity index (χ4n) is 4.59. The lowest BCUT2D eigenvalue weighted by Crippen LogP contribution is -2.47. The van der Waals surface area contributed by atoms with Crippen LogP contribution < -0.4 is 0 Å². The molecule has 0 N–H and O–H groups in total. The third-order valence-electron chi connectivity index (χ3n) is 6.07. The predicted molar refractivity (Wildman–Crippen MR) is 94.2 cm³/mol. The molecule has 0 unspecified atom stereocenters. The molecule has 1 aromatic carbocycles. The number of rotatable bonds is 2. The van der Waals surface area contributed by atoms with Crippen LogP contribution in [0.4, 0.5) is 0 Å². The first kappa shape index (κ1) is 16.1. The number of benzene rings is 1. The van der Waals surface area contributed by atoms with Crippen LogP contribution in [0.5, 0.6) is 0 Å². The second-order valence-corrected chi connectivity index (χ2v) is 7.76. The average Bonchev–Trinajstić information content (AvgIpc) is 3.25. The van der Waals surface area contributed by atoms with Crippen LogP contribution in [0.3, 0.4) is 0 Å². The quantitative estimate of drug-likeness (QED) is 0.837. The van der Waals surface area contributed by atoms with E-state index in [9.17, 15) is 4.79 Å². The SMILES string of the molecule is Cc1cccc(C(=O)N2CCC3(CC2)C[C@@H](N2CCCC2)CO3)c1. The Hall–Kier alpha value is -1.39. The molecule has 3 fully saturated rings. The highest BCUT2D eigenvalue weighted by Gasteiger charge is 2.45. The summed E-state index contributed by atoms with van der Waals surface area (Å²) in [5.41, 5.74) is 1.98. The maximum Gasteiger partial charge on any atom is 0.253 e. The molecule has 4 rings (SSSR count). The Morgan fingerprint density at radius 2 is 1.92 bits per heavy atom. The zero-order valence-electron chi connectivity index (χ0n) is 14.7. The van der Waals surface area contributed by atoms with Crippen molar-refractivity contribution in [3.63, 3.8) is 0 Å². The van der Waals surface area contributed by atoms with Crippen LogP contribution in [0.25, 0.3) is 0 Å². The van der Waals surface area contributed by atoms with E-state index in [1.54, 1.807) is 0 Å². The van der Waals surface area contributed by atoms with Crippen molar-refractivity contribution in [2.24, 2.45) is 0 Å². The van der Waals surface area contributed by atoms with Gasteiger partial charge in [0.05, 0.1) is 12.2 Å². The first-order chi connectivity index (χ1) is 11.7. The van der Waals surface area contributed by atoms with E-state index >= 15 is 0 Å². The van der Waals surface area contributed by atoms with Crippen molar-refractivity contribution in [1.82, 2.24) is 9.80 Å². The molecule has 1 amide bonds. The lowest BCUT2D eigenvalue weighted by molar-refractivity contribution is -0.0393. The first-order valence-electron chi connectivity index (χ1n) is 9.39. The van der Waals surface area contributed by atoms with Crippen LogP contribution in [-0.4, -0.2) is 60.1 Å². The number of piperidine rings is 1. The zero-order valence-corrected chi connectivity index (χ0v) is 14.7. The van der Waals surface area contributed by atoms with Gasteiger partial charge in [-0.15, -0.1) is 0 Å². The van der Waals surface area contributed by atoms with Crippen molar-refractivity contribution in [2.45, 2.75) is 50.7 Å².